The van der Waals surface area contributed by atoms with Crippen LogP contribution in [0.1, 0.15) is 32.4 Å². The Kier molecular flexibility index (Phi) is 4.44. The Hall–Kier alpha value is -2.52. The first-order chi connectivity index (χ1) is 11.7. The van der Waals surface area contributed by atoms with Gasteiger partial charge in [0.1, 0.15) is 5.60 Å². The molecule has 1 aromatic heterocycles. The lowest BCUT2D eigenvalue weighted by molar-refractivity contribution is -0.000380. The maximum atomic E-state index is 12.0. The monoisotopic (exact) mass is 358 g/mol. The van der Waals surface area contributed by atoms with E-state index >= 15 is 0 Å². The second-order valence-electron chi connectivity index (χ2n) is 7.09. The Morgan fingerprint density at radius 1 is 1.32 bits per heavy atom. The molecule has 0 bridgehead atoms. The number of likely N-dealkylation sites (tertiary alicyclic amines) is 1. The van der Waals surface area contributed by atoms with Crippen LogP contribution in [-0.4, -0.2) is 39.5 Å². The molecule has 1 fully saturated rings. The topological polar surface area (TPSA) is 71.2 Å². The number of nitrogens with zero attached hydrogens (tertiary/aromatic N) is 4. The zero-order valence-corrected chi connectivity index (χ0v) is 15.1. The molecule has 7 heteroatoms. The Labute approximate surface area is 151 Å². The first-order valence-electron chi connectivity index (χ1n) is 7.98. The molecule has 0 N–H and O–H groups in total. The first-order valence-corrected chi connectivity index (χ1v) is 8.36. The van der Waals surface area contributed by atoms with Crippen LogP contribution in [0.2, 0.25) is 5.02 Å². The molecule has 0 aliphatic carbocycles. The maximum absolute atomic E-state index is 12.0. The van der Waals surface area contributed by atoms with Gasteiger partial charge in [0.2, 0.25) is 0 Å². The molecule has 2 aromatic rings. The van der Waals surface area contributed by atoms with E-state index in [9.17, 15) is 4.79 Å². The highest BCUT2D eigenvalue weighted by atomic mass is 35.5. The summed E-state index contributed by atoms with van der Waals surface area (Å²) in [7, 11) is 0. The number of nitriles is 1. The number of aromatic nitrogens is 2. The summed E-state index contributed by atoms with van der Waals surface area (Å²) in [6.07, 6.45) is 3.34. The number of carbonyl (C=O) groups is 1. The normalized spacial score (nSPS) is 14.8. The van der Waals surface area contributed by atoms with Crippen LogP contribution in [0.25, 0.3) is 11.1 Å². The van der Waals surface area contributed by atoms with Gasteiger partial charge in [-0.3, -0.25) is 4.68 Å². The second-order valence-corrected chi connectivity index (χ2v) is 7.52. The van der Waals surface area contributed by atoms with Crippen molar-refractivity contribution < 1.29 is 9.53 Å². The summed E-state index contributed by atoms with van der Waals surface area (Å²) >= 11 is 6.06. The lowest BCUT2D eigenvalue weighted by atomic mass is 10.1. The van der Waals surface area contributed by atoms with E-state index in [2.05, 4.69) is 11.2 Å². The number of halogens is 1. The summed E-state index contributed by atoms with van der Waals surface area (Å²) in [5, 5.41) is 14.0. The Balaban J connectivity index is 1.67. The summed E-state index contributed by atoms with van der Waals surface area (Å²) in [4.78, 5) is 13.6. The second kappa shape index (κ2) is 6.41. The number of hydrogen-bond acceptors (Lipinski definition) is 4. The van der Waals surface area contributed by atoms with Crippen molar-refractivity contribution in [3.05, 3.63) is 41.2 Å². The van der Waals surface area contributed by atoms with Crippen molar-refractivity contribution in [2.45, 2.75) is 32.4 Å². The molecule has 130 valence electrons. The van der Waals surface area contributed by atoms with Gasteiger partial charge in [-0.25, -0.2) is 4.79 Å². The van der Waals surface area contributed by atoms with Crippen LogP contribution < -0.4 is 0 Å². The summed E-state index contributed by atoms with van der Waals surface area (Å²) in [6.45, 7) is 6.68. The number of rotatable bonds is 2. The highest BCUT2D eigenvalue weighted by molar-refractivity contribution is 6.31. The van der Waals surface area contributed by atoms with Crippen LogP contribution >= 0.6 is 11.6 Å². The molecule has 1 aliphatic heterocycles. The highest BCUT2D eigenvalue weighted by Crippen LogP contribution is 2.28. The predicted octanol–water partition coefficient (Wildman–Crippen LogP) is 3.87. The fraction of sp³-hybridized carbons (Fsp3) is 0.389. The van der Waals surface area contributed by atoms with Crippen molar-refractivity contribution in [2.24, 2.45) is 0 Å². The smallest absolute Gasteiger partial charge is 0.410 e. The molecule has 6 nitrogen and oxygen atoms in total. The molecule has 3 rings (SSSR count). The van der Waals surface area contributed by atoms with Crippen LogP contribution in [0.4, 0.5) is 4.79 Å². The van der Waals surface area contributed by atoms with E-state index < -0.39 is 5.60 Å². The van der Waals surface area contributed by atoms with E-state index in [4.69, 9.17) is 21.6 Å². The molecule has 0 spiro atoms. The van der Waals surface area contributed by atoms with Gasteiger partial charge in [0.25, 0.3) is 0 Å². The van der Waals surface area contributed by atoms with Crippen LogP contribution in [0.3, 0.4) is 0 Å². The van der Waals surface area contributed by atoms with Gasteiger partial charge in [-0.2, -0.15) is 10.4 Å². The standard InChI is InChI=1S/C18H19ClN4O2/c1-18(2,3)25-17(24)22-10-16(11-22)23-9-14(8-21-23)13-4-12(7-20)5-15(19)6-13/h4-6,8-9,16H,10-11H2,1-3H3. The minimum absolute atomic E-state index is 0.121. The summed E-state index contributed by atoms with van der Waals surface area (Å²) < 4.78 is 7.19. The van der Waals surface area contributed by atoms with E-state index in [1.165, 1.54) is 0 Å². The number of benzene rings is 1. The molecule has 1 aliphatic rings. The summed E-state index contributed by atoms with van der Waals surface area (Å²) in [5.41, 5.74) is 1.75. The van der Waals surface area contributed by atoms with Gasteiger partial charge < -0.3 is 9.64 Å². The number of ether oxygens (including phenoxy) is 1. The van der Waals surface area contributed by atoms with Gasteiger partial charge >= 0.3 is 6.09 Å². The van der Waals surface area contributed by atoms with Crippen LogP contribution in [0.15, 0.2) is 30.6 Å². The number of carbonyl (C=O) groups excluding carboxylic acids is 1. The number of amides is 1. The minimum Gasteiger partial charge on any atom is -0.444 e. The van der Waals surface area contributed by atoms with Gasteiger partial charge in [0.15, 0.2) is 0 Å². The van der Waals surface area contributed by atoms with E-state index in [1.807, 2.05) is 31.6 Å². The van der Waals surface area contributed by atoms with E-state index in [0.717, 1.165) is 11.1 Å². The van der Waals surface area contributed by atoms with Crippen LogP contribution in [-0.2, 0) is 4.74 Å². The molecule has 1 aromatic carbocycles. The fourth-order valence-corrected chi connectivity index (χ4v) is 2.84. The van der Waals surface area contributed by atoms with Crippen molar-refractivity contribution in [3.63, 3.8) is 0 Å². The van der Waals surface area contributed by atoms with Gasteiger partial charge in [-0.15, -0.1) is 0 Å². The Morgan fingerprint density at radius 3 is 2.68 bits per heavy atom. The van der Waals surface area contributed by atoms with Gasteiger partial charge in [0.05, 0.1) is 23.9 Å². The van der Waals surface area contributed by atoms with Crippen molar-refractivity contribution >= 4 is 17.7 Å². The van der Waals surface area contributed by atoms with Crippen molar-refractivity contribution in [1.82, 2.24) is 14.7 Å². The fourth-order valence-electron chi connectivity index (χ4n) is 2.61. The third-order valence-electron chi connectivity index (χ3n) is 3.85. The molecule has 1 saturated heterocycles. The lowest BCUT2D eigenvalue weighted by Gasteiger charge is -2.39. The summed E-state index contributed by atoms with van der Waals surface area (Å²) in [5.74, 6) is 0. The molecular formula is C18H19ClN4O2. The highest BCUT2D eigenvalue weighted by Gasteiger charge is 2.35. The van der Waals surface area contributed by atoms with E-state index in [0.29, 0.717) is 23.7 Å². The molecule has 0 saturated carbocycles. The summed E-state index contributed by atoms with van der Waals surface area (Å²) in [6, 6.07) is 7.43. The molecule has 0 radical (unpaired) electrons. The Bertz CT molecular complexity index is 841. The van der Waals surface area contributed by atoms with Crippen molar-refractivity contribution in [3.8, 4) is 17.2 Å². The largest absolute Gasteiger partial charge is 0.444 e. The molecule has 25 heavy (non-hydrogen) atoms. The Morgan fingerprint density at radius 2 is 2.04 bits per heavy atom. The average Bonchev–Trinajstić information content (AvgIpc) is 2.92. The first kappa shape index (κ1) is 17.3. The van der Waals surface area contributed by atoms with Crippen LogP contribution in [0.5, 0.6) is 0 Å². The van der Waals surface area contributed by atoms with Gasteiger partial charge in [0, 0.05) is 29.9 Å². The van der Waals surface area contributed by atoms with E-state index in [1.54, 1.807) is 29.3 Å². The third-order valence-corrected chi connectivity index (χ3v) is 4.07. The van der Waals surface area contributed by atoms with Crippen molar-refractivity contribution in [2.75, 3.05) is 13.1 Å². The molecule has 0 atom stereocenters. The molecule has 1 amide bonds. The predicted molar refractivity (Wildman–Crippen MR) is 94.2 cm³/mol. The van der Waals surface area contributed by atoms with E-state index in [-0.39, 0.29) is 12.1 Å². The SMILES string of the molecule is CC(C)(C)OC(=O)N1CC(n2cc(-c3cc(Cl)cc(C#N)c3)cn2)C1. The quantitative estimate of drug-likeness (QED) is 0.817. The zero-order valence-electron chi connectivity index (χ0n) is 14.4. The number of hydrogen-bond donors (Lipinski definition) is 0. The lowest BCUT2D eigenvalue weighted by Crippen LogP contribution is -2.52. The third kappa shape index (κ3) is 3.94. The molecule has 0 unspecified atom stereocenters. The maximum Gasteiger partial charge on any atom is 0.410 e. The van der Waals surface area contributed by atoms with Gasteiger partial charge in [-0.05, 0) is 44.5 Å². The average molecular weight is 359 g/mol. The molecule has 2 heterocycles. The van der Waals surface area contributed by atoms with Crippen LogP contribution in [0, 0.1) is 11.3 Å². The molecular weight excluding hydrogens is 340 g/mol. The zero-order chi connectivity index (χ0) is 18.2. The van der Waals surface area contributed by atoms with Crippen molar-refractivity contribution in [1.29, 1.82) is 5.26 Å². The minimum atomic E-state index is -0.494. The van der Waals surface area contributed by atoms with Gasteiger partial charge in [-0.1, -0.05) is 11.6 Å².